The van der Waals surface area contributed by atoms with Crippen molar-refractivity contribution in [1.82, 2.24) is 4.57 Å². The summed E-state index contributed by atoms with van der Waals surface area (Å²) in [6, 6.07) is 43.3. The average Bonchev–Trinajstić information content (AvgIpc) is 3.18. The Bertz CT molecular complexity index is 1560. The number of hydrogen-bond donors (Lipinski definition) is 0. The van der Waals surface area contributed by atoms with Crippen LogP contribution in [0.5, 0.6) is 0 Å². The third-order valence-corrected chi connectivity index (χ3v) is 6.56. The van der Waals surface area contributed by atoms with Crippen LogP contribution in [0.2, 0.25) is 0 Å². The fraction of sp³-hybridized carbons (Fsp3) is 0. The number of aromatic nitrogens is 1. The molecular weight excluding hydrogens is 454 g/mol. The molecule has 0 fully saturated rings. The lowest BCUT2D eigenvalue weighted by Crippen LogP contribution is -1.94. The monoisotopic (exact) mass is 473 g/mol. The van der Waals surface area contributed by atoms with Crippen LogP contribution < -0.4 is 0 Å². The van der Waals surface area contributed by atoms with E-state index in [1.165, 1.54) is 49.7 Å². The van der Waals surface area contributed by atoms with Gasteiger partial charge in [0.1, 0.15) is 0 Å². The predicted molar refractivity (Wildman–Crippen MR) is 139 cm³/mol. The van der Waals surface area contributed by atoms with Crippen molar-refractivity contribution >= 4 is 37.7 Å². The van der Waals surface area contributed by atoms with Gasteiger partial charge in [-0.05, 0) is 58.7 Å². The summed E-state index contributed by atoms with van der Waals surface area (Å²) in [6.07, 6.45) is 0. The number of para-hydroxylation sites is 1. The first-order valence-electron chi connectivity index (χ1n) is 10.7. The second-order valence-electron chi connectivity index (χ2n) is 8.01. The van der Waals surface area contributed by atoms with Crippen molar-refractivity contribution in [3.05, 3.63) is 126 Å². The largest absolute Gasteiger partial charge is 0.309 e. The highest BCUT2D eigenvalue weighted by atomic mass is 79.9. The van der Waals surface area contributed by atoms with E-state index in [9.17, 15) is 0 Å². The molecule has 6 rings (SSSR count). The molecule has 0 aliphatic heterocycles. The average molecular weight is 474 g/mol. The maximum absolute atomic E-state index is 3.64. The highest BCUT2D eigenvalue weighted by molar-refractivity contribution is 9.10. The first-order valence-corrected chi connectivity index (χ1v) is 11.5. The number of halogens is 1. The maximum atomic E-state index is 3.64. The summed E-state index contributed by atoms with van der Waals surface area (Å²) in [5.41, 5.74) is 8.51. The minimum atomic E-state index is 1.10. The van der Waals surface area contributed by atoms with Crippen molar-refractivity contribution < 1.29 is 0 Å². The van der Waals surface area contributed by atoms with Gasteiger partial charge < -0.3 is 4.57 Å². The molecule has 0 bridgehead atoms. The molecule has 0 radical (unpaired) electrons. The van der Waals surface area contributed by atoms with Gasteiger partial charge in [0.2, 0.25) is 0 Å². The fourth-order valence-corrected chi connectivity index (χ4v) is 4.89. The third-order valence-electron chi connectivity index (χ3n) is 6.06. The summed E-state index contributed by atoms with van der Waals surface area (Å²) in [6.45, 7) is 0. The third kappa shape index (κ3) is 3.24. The summed E-state index contributed by atoms with van der Waals surface area (Å²) in [4.78, 5) is 0. The minimum Gasteiger partial charge on any atom is -0.309 e. The smallest absolute Gasteiger partial charge is 0.0541 e. The molecule has 0 saturated heterocycles. The van der Waals surface area contributed by atoms with Gasteiger partial charge in [-0.2, -0.15) is 0 Å². The number of benzene rings is 5. The summed E-state index contributed by atoms with van der Waals surface area (Å²) >= 11 is 3.64. The van der Waals surface area contributed by atoms with Crippen molar-refractivity contribution in [1.29, 1.82) is 0 Å². The fourth-order valence-electron chi connectivity index (χ4n) is 4.53. The van der Waals surface area contributed by atoms with Crippen molar-refractivity contribution in [2.45, 2.75) is 0 Å². The molecule has 1 nitrogen and oxygen atoms in total. The molecule has 0 N–H and O–H groups in total. The Morgan fingerprint density at radius 1 is 0.438 bits per heavy atom. The van der Waals surface area contributed by atoms with Crippen LogP contribution in [0.1, 0.15) is 0 Å². The molecule has 1 heterocycles. The molecule has 0 atom stereocenters. The van der Waals surface area contributed by atoms with Crippen molar-refractivity contribution in [2.75, 3.05) is 0 Å². The van der Waals surface area contributed by atoms with Crippen LogP contribution in [-0.4, -0.2) is 4.57 Å². The normalized spacial score (nSPS) is 11.3. The van der Waals surface area contributed by atoms with Crippen LogP contribution in [0.3, 0.4) is 0 Å². The quantitative estimate of drug-likeness (QED) is 0.241. The molecule has 5 aromatic carbocycles. The Balaban J connectivity index is 1.48. The zero-order chi connectivity index (χ0) is 21.5. The number of rotatable bonds is 3. The first-order chi connectivity index (χ1) is 15.8. The molecular formula is C30H20BrN. The number of nitrogens with zero attached hydrogens (tertiary/aromatic N) is 1. The van der Waals surface area contributed by atoms with Gasteiger partial charge in [-0.3, -0.25) is 0 Å². The molecule has 0 amide bonds. The minimum absolute atomic E-state index is 1.10. The molecule has 6 aromatic rings. The van der Waals surface area contributed by atoms with E-state index in [4.69, 9.17) is 0 Å². The van der Waals surface area contributed by atoms with E-state index in [1.54, 1.807) is 0 Å². The molecule has 0 spiro atoms. The van der Waals surface area contributed by atoms with Gasteiger partial charge in [-0.1, -0.05) is 101 Å². The molecule has 1 aromatic heterocycles. The topological polar surface area (TPSA) is 4.93 Å². The second-order valence-corrected chi connectivity index (χ2v) is 8.92. The van der Waals surface area contributed by atoms with Gasteiger partial charge >= 0.3 is 0 Å². The van der Waals surface area contributed by atoms with Crippen LogP contribution in [0, 0.1) is 0 Å². The van der Waals surface area contributed by atoms with E-state index >= 15 is 0 Å². The molecule has 2 heteroatoms. The van der Waals surface area contributed by atoms with Gasteiger partial charge in [0.25, 0.3) is 0 Å². The zero-order valence-electron chi connectivity index (χ0n) is 17.4. The molecule has 0 saturated carbocycles. The lowest BCUT2D eigenvalue weighted by molar-refractivity contribution is 1.18. The SMILES string of the molecule is Brc1ccc2c(c1)c1ccccc1n2-c1cccc(-c2ccc(-c3ccccc3)cc2)c1. The van der Waals surface area contributed by atoms with Gasteiger partial charge in [-0.15, -0.1) is 0 Å². The molecule has 0 unspecified atom stereocenters. The number of hydrogen-bond acceptors (Lipinski definition) is 0. The lowest BCUT2D eigenvalue weighted by Gasteiger charge is -2.11. The Labute approximate surface area is 195 Å². The standard InChI is InChI=1S/C30H20BrN/c31-25-17-18-30-28(20-25)27-11-4-5-12-29(27)32(30)26-10-6-9-24(19-26)23-15-13-22(14-16-23)21-7-2-1-3-8-21/h1-20H. The van der Waals surface area contributed by atoms with Crippen LogP contribution in [-0.2, 0) is 0 Å². The summed E-state index contributed by atoms with van der Waals surface area (Å²) in [5.74, 6) is 0. The van der Waals surface area contributed by atoms with Gasteiger partial charge in [0.05, 0.1) is 11.0 Å². The van der Waals surface area contributed by atoms with Gasteiger partial charge in [-0.25, -0.2) is 0 Å². The van der Waals surface area contributed by atoms with Crippen LogP contribution in [0.15, 0.2) is 126 Å². The summed E-state index contributed by atoms with van der Waals surface area (Å²) in [7, 11) is 0. The van der Waals surface area contributed by atoms with E-state index in [1.807, 2.05) is 0 Å². The molecule has 0 aliphatic rings. The predicted octanol–water partition coefficient (Wildman–Crippen LogP) is 8.88. The molecule has 32 heavy (non-hydrogen) atoms. The highest BCUT2D eigenvalue weighted by Gasteiger charge is 2.12. The maximum Gasteiger partial charge on any atom is 0.0541 e. The lowest BCUT2D eigenvalue weighted by atomic mass is 10.00. The number of fused-ring (bicyclic) bond motifs is 3. The van der Waals surface area contributed by atoms with E-state index < -0.39 is 0 Å². The van der Waals surface area contributed by atoms with Crippen LogP contribution >= 0.6 is 15.9 Å². The van der Waals surface area contributed by atoms with E-state index in [0.29, 0.717) is 0 Å². The molecule has 0 aliphatic carbocycles. The highest BCUT2D eigenvalue weighted by Crippen LogP contribution is 2.35. The van der Waals surface area contributed by atoms with Crippen LogP contribution in [0.25, 0.3) is 49.7 Å². The molecule has 152 valence electrons. The van der Waals surface area contributed by atoms with Crippen molar-refractivity contribution in [2.24, 2.45) is 0 Å². The first kappa shape index (κ1) is 19.1. The Kier molecular flexibility index (Phi) is 4.66. The van der Waals surface area contributed by atoms with E-state index in [-0.39, 0.29) is 0 Å². The van der Waals surface area contributed by atoms with Gasteiger partial charge in [0, 0.05) is 20.9 Å². The second kappa shape index (κ2) is 7.81. The summed E-state index contributed by atoms with van der Waals surface area (Å²) in [5, 5.41) is 2.52. The van der Waals surface area contributed by atoms with Crippen molar-refractivity contribution in [3.63, 3.8) is 0 Å². The Morgan fingerprint density at radius 2 is 1.06 bits per heavy atom. The van der Waals surface area contributed by atoms with Crippen molar-refractivity contribution in [3.8, 4) is 27.9 Å². The van der Waals surface area contributed by atoms with E-state index in [2.05, 4.69) is 142 Å². The van der Waals surface area contributed by atoms with Crippen LogP contribution in [0.4, 0.5) is 0 Å². The summed E-state index contributed by atoms with van der Waals surface area (Å²) < 4.78 is 3.46. The Morgan fingerprint density at radius 3 is 1.88 bits per heavy atom. The van der Waals surface area contributed by atoms with Gasteiger partial charge in [0.15, 0.2) is 0 Å². The van der Waals surface area contributed by atoms with E-state index in [0.717, 1.165) is 4.47 Å². The Hall–Kier alpha value is -3.62. The zero-order valence-corrected chi connectivity index (χ0v) is 19.0.